The first-order valence-electron chi connectivity index (χ1n) is 11.1. The number of amides is 2. The Labute approximate surface area is 183 Å². The van der Waals surface area contributed by atoms with Crippen LogP contribution >= 0.6 is 11.8 Å². The highest BCUT2D eigenvalue weighted by Gasteiger charge is 2.22. The monoisotopic (exact) mass is 431 g/mol. The molecule has 164 valence electrons. The fourth-order valence-corrected chi connectivity index (χ4v) is 5.15. The molecular weight excluding hydrogens is 398 g/mol. The van der Waals surface area contributed by atoms with Gasteiger partial charge in [-0.2, -0.15) is 16.9 Å². The first-order chi connectivity index (χ1) is 14.7. The van der Waals surface area contributed by atoms with E-state index in [4.69, 9.17) is 4.74 Å². The molecule has 0 aromatic heterocycles. The number of nitrogens with one attached hydrogen (secondary N) is 1. The summed E-state index contributed by atoms with van der Waals surface area (Å²) in [5, 5.41) is 9.74. The predicted molar refractivity (Wildman–Crippen MR) is 122 cm³/mol. The lowest BCUT2D eigenvalue weighted by Gasteiger charge is -2.23. The van der Waals surface area contributed by atoms with Gasteiger partial charge in [0.25, 0.3) is 0 Å². The average molecular weight is 432 g/mol. The molecule has 1 saturated carbocycles. The van der Waals surface area contributed by atoms with Crippen LogP contribution in [-0.4, -0.2) is 53.7 Å². The molecule has 7 heteroatoms. The summed E-state index contributed by atoms with van der Waals surface area (Å²) in [5.74, 6) is 1.85. The lowest BCUT2D eigenvalue weighted by molar-refractivity contribution is -0.132. The molecule has 1 aromatic carbocycles. The Morgan fingerprint density at radius 1 is 1.20 bits per heavy atom. The van der Waals surface area contributed by atoms with Crippen LogP contribution in [0.25, 0.3) is 0 Å². The Balaban J connectivity index is 1.37. The maximum Gasteiger partial charge on any atom is 0.243 e. The number of methoxy groups -OCH3 is 1. The van der Waals surface area contributed by atoms with E-state index in [1.807, 2.05) is 24.3 Å². The summed E-state index contributed by atoms with van der Waals surface area (Å²) in [5.41, 5.74) is 1.85. The van der Waals surface area contributed by atoms with Gasteiger partial charge in [0, 0.05) is 31.1 Å². The van der Waals surface area contributed by atoms with Crippen LogP contribution in [0.4, 0.5) is 0 Å². The van der Waals surface area contributed by atoms with Crippen molar-refractivity contribution in [3.8, 4) is 5.75 Å². The summed E-state index contributed by atoms with van der Waals surface area (Å²) < 4.78 is 5.19. The SMILES string of the molecule is COc1ccc(C2=NN(CCC(=O)NCCCSC3CCCCC3)C(=O)CC2)cc1. The topological polar surface area (TPSA) is 71.0 Å². The van der Waals surface area contributed by atoms with E-state index < -0.39 is 0 Å². The van der Waals surface area contributed by atoms with Crippen LogP contribution in [0.2, 0.25) is 0 Å². The predicted octanol–water partition coefficient (Wildman–Crippen LogP) is 3.98. The molecule has 0 unspecified atom stereocenters. The maximum atomic E-state index is 12.2. The van der Waals surface area contributed by atoms with Gasteiger partial charge in [0.2, 0.25) is 11.8 Å². The van der Waals surface area contributed by atoms with Crippen molar-refractivity contribution in [3.05, 3.63) is 29.8 Å². The minimum Gasteiger partial charge on any atom is -0.497 e. The second kappa shape index (κ2) is 12.0. The number of carbonyl (C=O) groups is 2. The van der Waals surface area contributed by atoms with Gasteiger partial charge in [0.1, 0.15) is 5.75 Å². The van der Waals surface area contributed by atoms with Crippen LogP contribution in [0.15, 0.2) is 29.4 Å². The summed E-state index contributed by atoms with van der Waals surface area (Å²) in [6, 6.07) is 7.67. The van der Waals surface area contributed by atoms with Crippen molar-refractivity contribution in [1.82, 2.24) is 10.3 Å². The molecule has 0 radical (unpaired) electrons. The standard InChI is InChI=1S/C23H33N3O3S/c1-29-19-10-8-18(9-11-19)21-12-13-23(28)26(25-21)16-14-22(27)24-15-5-17-30-20-6-3-2-4-7-20/h8-11,20H,2-7,12-17H2,1H3,(H,24,27). The van der Waals surface area contributed by atoms with Gasteiger partial charge in [-0.3, -0.25) is 9.59 Å². The van der Waals surface area contributed by atoms with Gasteiger partial charge >= 0.3 is 0 Å². The molecule has 1 aliphatic heterocycles. The Morgan fingerprint density at radius 2 is 1.97 bits per heavy atom. The van der Waals surface area contributed by atoms with Crippen molar-refractivity contribution in [2.75, 3.05) is 26.0 Å². The molecule has 0 spiro atoms. The van der Waals surface area contributed by atoms with Gasteiger partial charge < -0.3 is 10.1 Å². The Bertz CT molecular complexity index is 730. The van der Waals surface area contributed by atoms with E-state index in [2.05, 4.69) is 22.2 Å². The lowest BCUT2D eigenvalue weighted by atomic mass is 10.0. The van der Waals surface area contributed by atoms with Crippen molar-refractivity contribution >= 4 is 29.3 Å². The number of nitrogens with zero attached hydrogens (tertiary/aromatic N) is 2. The third-order valence-corrected chi connectivity index (χ3v) is 7.10. The van der Waals surface area contributed by atoms with Crippen LogP contribution < -0.4 is 10.1 Å². The van der Waals surface area contributed by atoms with Crippen LogP contribution in [0.1, 0.15) is 63.4 Å². The van der Waals surface area contributed by atoms with Gasteiger partial charge in [-0.05, 0) is 54.8 Å². The molecule has 1 N–H and O–H groups in total. The molecular formula is C23H33N3O3S. The smallest absolute Gasteiger partial charge is 0.243 e. The second-order valence-corrected chi connectivity index (χ2v) is 9.28. The Morgan fingerprint density at radius 3 is 2.70 bits per heavy atom. The van der Waals surface area contributed by atoms with Crippen LogP contribution in [-0.2, 0) is 9.59 Å². The average Bonchev–Trinajstić information content (AvgIpc) is 2.79. The zero-order chi connectivity index (χ0) is 21.2. The van der Waals surface area contributed by atoms with Gasteiger partial charge in [-0.1, -0.05) is 19.3 Å². The fourth-order valence-electron chi connectivity index (χ4n) is 3.84. The summed E-state index contributed by atoms with van der Waals surface area (Å²) in [4.78, 5) is 24.4. The van der Waals surface area contributed by atoms with Crippen LogP contribution in [0.5, 0.6) is 5.75 Å². The highest BCUT2D eigenvalue weighted by molar-refractivity contribution is 7.99. The molecule has 30 heavy (non-hydrogen) atoms. The number of hydrogen-bond donors (Lipinski definition) is 1. The molecule has 1 heterocycles. The number of rotatable bonds is 10. The molecule has 1 aromatic rings. The Kier molecular flexibility index (Phi) is 9.05. The molecule has 0 saturated heterocycles. The van der Waals surface area contributed by atoms with Gasteiger partial charge in [0.15, 0.2) is 0 Å². The minimum atomic E-state index is -0.0241. The zero-order valence-electron chi connectivity index (χ0n) is 17.9. The number of benzene rings is 1. The van der Waals surface area contributed by atoms with Crippen LogP contribution in [0.3, 0.4) is 0 Å². The molecule has 2 aliphatic rings. The third kappa shape index (κ3) is 7.04. The highest BCUT2D eigenvalue weighted by atomic mass is 32.2. The van der Waals surface area contributed by atoms with E-state index in [1.54, 1.807) is 7.11 Å². The van der Waals surface area contributed by atoms with Crippen molar-refractivity contribution < 1.29 is 14.3 Å². The van der Waals surface area contributed by atoms with Gasteiger partial charge in [0.05, 0.1) is 19.4 Å². The highest BCUT2D eigenvalue weighted by Crippen LogP contribution is 2.28. The first-order valence-corrected chi connectivity index (χ1v) is 12.1. The molecule has 1 aliphatic carbocycles. The van der Waals surface area contributed by atoms with E-state index in [1.165, 1.54) is 37.1 Å². The summed E-state index contributed by atoms with van der Waals surface area (Å²) >= 11 is 2.06. The van der Waals surface area contributed by atoms with E-state index in [0.717, 1.165) is 34.4 Å². The Hall–Kier alpha value is -2.02. The molecule has 1 fully saturated rings. The molecule has 0 atom stereocenters. The number of thioether (sulfide) groups is 1. The number of carbonyl (C=O) groups excluding carboxylic acids is 2. The van der Waals surface area contributed by atoms with E-state index in [-0.39, 0.29) is 18.2 Å². The number of hydrogen-bond acceptors (Lipinski definition) is 5. The summed E-state index contributed by atoms with van der Waals surface area (Å²) in [6.07, 6.45) is 9.13. The third-order valence-electron chi connectivity index (χ3n) is 5.63. The van der Waals surface area contributed by atoms with Crippen molar-refractivity contribution in [2.45, 2.75) is 63.0 Å². The van der Waals surface area contributed by atoms with Crippen molar-refractivity contribution in [2.24, 2.45) is 5.10 Å². The first kappa shape index (κ1) is 22.7. The molecule has 3 rings (SSSR count). The second-order valence-electron chi connectivity index (χ2n) is 7.88. The van der Waals surface area contributed by atoms with Crippen molar-refractivity contribution in [3.63, 3.8) is 0 Å². The zero-order valence-corrected chi connectivity index (χ0v) is 18.7. The van der Waals surface area contributed by atoms with E-state index >= 15 is 0 Å². The van der Waals surface area contributed by atoms with Gasteiger partial charge in [-0.15, -0.1) is 0 Å². The normalized spacial score (nSPS) is 17.6. The fraction of sp³-hybridized carbons (Fsp3) is 0.609. The number of hydrazone groups is 1. The van der Waals surface area contributed by atoms with E-state index in [0.29, 0.717) is 25.9 Å². The molecule has 6 nitrogen and oxygen atoms in total. The van der Waals surface area contributed by atoms with Crippen LogP contribution in [0, 0.1) is 0 Å². The minimum absolute atomic E-state index is 0.0164. The lowest BCUT2D eigenvalue weighted by Crippen LogP contribution is -2.35. The number of ether oxygens (including phenoxy) is 1. The molecule has 0 bridgehead atoms. The largest absolute Gasteiger partial charge is 0.497 e. The maximum absolute atomic E-state index is 12.2. The van der Waals surface area contributed by atoms with E-state index in [9.17, 15) is 9.59 Å². The quantitative estimate of drug-likeness (QED) is 0.569. The molecule has 2 amide bonds. The van der Waals surface area contributed by atoms with Crippen molar-refractivity contribution in [1.29, 1.82) is 0 Å². The summed E-state index contributed by atoms with van der Waals surface area (Å²) in [6.45, 7) is 1.02. The summed E-state index contributed by atoms with van der Waals surface area (Å²) in [7, 11) is 1.63. The van der Waals surface area contributed by atoms with Gasteiger partial charge in [-0.25, -0.2) is 5.01 Å².